The minimum Gasteiger partial charge on any atom is -0.493 e. The monoisotopic (exact) mass is 284 g/mol. The Hall–Kier alpha value is -0.970. The summed E-state index contributed by atoms with van der Waals surface area (Å²) in [5, 5.41) is 10.0. The molecule has 1 rings (SSSR count). The summed E-state index contributed by atoms with van der Waals surface area (Å²) < 4.78 is 1.60. The number of aromatic nitrogens is 2. The van der Waals surface area contributed by atoms with Crippen molar-refractivity contribution >= 4 is 11.8 Å². The van der Waals surface area contributed by atoms with E-state index in [2.05, 4.69) is 11.9 Å². The first kappa shape index (κ1) is 16.1. The van der Waals surface area contributed by atoms with Crippen molar-refractivity contribution in [3.8, 4) is 5.88 Å². The number of hydrogen-bond acceptors (Lipinski definition) is 4. The number of aromatic hydroxyl groups is 1. The van der Waals surface area contributed by atoms with Crippen molar-refractivity contribution in [1.82, 2.24) is 9.55 Å². The Labute approximate surface area is 119 Å². The molecule has 1 aromatic heterocycles. The summed E-state index contributed by atoms with van der Waals surface area (Å²) in [4.78, 5) is 15.7. The molecule has 19 heavy (non-hydrogen) atoms. The van der Waals surface area contributed by atoms with Crippen LogP contribution in [-0.4, -0.2) is 20.4 Å². The van der Waals surface area contributed by atoms with E-state index in [0.717, 1.165) is 18.2 Å². The number of thioether (sulfide) groups is 1. The molecular formula is C14H24N2O2S. The van der Waals surface area contributed by atoms with E-state index >= 15 is 0 Å². The van der Waals surface area contributed by atoms with Gasteiger partial charge in [-0.05, 0) is 13.3 Å². The molecular weight excluding hydrogens is 260 g/mol. The maximum absolute atomic E-state index is 11.6. The SMILES string of the molecule is CCCCCCCCSc1nc(O)cc(=O)n1CC. The summed E-state index contributed by atoms with van der Waals surface area (Å²) in [5.41, 5.74) is -0.180. The molecule has 0 aromatic carbocycles. The smallest absolute Gasteiger partial charge is 0.257 e. The topological polar surface area (TPSA) is 55.1 Å². The van der Waals surface area contributed by atoms with Crippen LogP contribution in [0.4, 0.5) is 0 Å². The molecule has 0 atom stereocenters. The number of hydrogen-bond donors (Lipinski definition) is 1. The lowest BCUT2D eigenvalue weighted by Gasteiger charge is -2.09. The van der Waals surface area contributed by atoms with Crippen molar-refractivity contribution < 1.29 is 5.11 Å². The third-order valence-electron chi connectivity index (χ3n) is 3.00. The molecule has 108 valence electrons. The Balaban J connectivity index is 2.38. The second-order valence-corrected chi connectivity index (χ2v) is 5.66. The van der Waals surface area contributed by atoms with Crippen LogP contribution in [0.3, 0.4) is 0 Å². The van der Waals surface area contributed by atoms with Gasteiger partial charge in [0.1, 0.15) is 0 Å². The Morgan fingerprint density at radius 2 is 1.89 bits per heavy atom. The molecule has 0 fully saturated rings. The molecule has 1 aromatic rings. The van der Waals surface area contributed by atoms with Crippen LogP contribution in [0.15, 0.2) is 16.0 Å². The van der Waals surface area contributed by atoms with Gasteiger partial charge in [-0.15, -0.1) is 0 Å². The van der Waals surface area contributed by atoms with Gasteiger partial charge < -0.3 is 5.11 Å². The minimum absolute atomic E-state index is 0.180. The summed E-state index contributed by atoms with van der Waals surface area (Å²) >= 11 is 1.56. The van der Waals surface area contributed by atoms with Crippen molar-refractivity contribution in [2.75, 3.05) is 5.75 Å². The molecule has 5 heteroatoms. The quantitative estimate of drug-likeness (QED) is 0.429. The van der Waals surface area contributed by atoms with Crippen molar-refractivity contribution in [1.29, 1.82) is 0 Å². The van der Waals surface area contributed by atoms with E-state index in [-0.39, 0.29) is 11.4 Å². The summed E-state index contributed by atoms with van der Waals surface area (Å²) in [5.74, 6) is 0.766. The Kier molecular flexibility index (Phi) is 7.63. The molecule has 0 bridgehead atoms. The van der Waals surface area contributed by atoms with E-state index in [0.29, 0.717) is 11.7 Å². The van der Waals surface area contributed by atoms with Gasteiger partial charge in [0, 0.05) is 12.3 Å². The fourth-order valence-corrected chi connectivity index (χ4v) is 2.98. The third kappa shape index (κ3) is 5.68. The zero-order chi connectivity index (χ0) is 14.1. The first-order chi connectivity index (χ1) is 9.19. The minimum atomic E-state index is -0.180. The summed E-state index contributed by atoms with van der Waals surface area (Å²) in [6, 6.07) is 1.16. The lowest BCUT2D eigenvalue weighted by molar-refractivity contribution is 0.434. The predicted molar refractivity (Wildman–Crippen MR) is 79.9 cm³/mol. The van der Waals surface area contributed by atoms with Gasteiger partial charge in [-0.3, -0.25) is 9.36 Å². The van der Waals surface area contributed by atoms with E-state index in [1.807, 2.05) is 6.92 Å². The summed E-state index contributed by atoms with van der Waals surface area (Å²) in [6.45, 7) is 4.72. The molecule has 0 radical (unpaired) electrons. The van der Waals surface area contributed by atoms with Crippen LogP contribution in [0.1, 0.15) is 52.4 Å². The van der Waals surface area contributed by atoms with Crippen LogP contribution >= 0.6 is 11.8 Å². The third-order valence-corrected chi connectivity index (χ3v) is 4.07. The average Bonchev–Trinajstić information content (AvgIpc) is 2.37. The predicted octanol–water partition coefficient (Wildman–Crippen LogP) is 3.42. The molecule has 0 aliphatic heterocycles. The highest BCUT2D eigenvalue weighted by Crippen LogP contribution is 2.18. The molecule has 0 amide bonds. The lowest BCUT2D eigenvalue weighted by Crippen LogP contribution is -2.20. The van der Waals surface area contributed by atoms with Crippen LogP contribution in [0.2, 0.25) is 0 Å². The van der Waals surface area contributed by atoms with Crippen LogP contribution in [0, 0.1) is 0 Å². The van der Waals surface area contributed by atoms with Crippen molar-refractivity contribution in [3.63, 3.8) is 0 Å². The first-order valence-corrected chi connectivity index (χ1v) is 8.11. The van der Waals surface area contributed by atoms with Crippen molar-refractivity contribution in [2.45, 2.75) is 64.1 Å². The van der Waals surface area contributed by atoms with Crippen LogP contribution in [0.25, 0.3) is 0 Å². The standard InChI is InChI=1S/C14H24N2O2S/c1-3-5-6-7-8-9-10-19-14-15-12(17)11-13(18)16(14)4-2/h11,17H,3-10H2,1-2H3. The van der Waals surface area contributed by atoms with Gasteiger partial charge in [-0.25, -0.2) is 0 Å². The van der Waals surface area contributed by atoms with Gasteiger partial charge in [-0.2, -0.15) is 4.98 Å². The Morgan fingerprint density at radius 3 is 2.58 bits per heavy atom. The normalized spacial score (nSPS) is 10.8. The Morgan fingerprint density at radius 1 is 1.21 bits per heavy atom. The second-order valence-electron chi connectivity index (χ2n) is 4.60. The Bertz CT molecular complexity index is 432. The molecule has 0 aliphatic rings. The van der Waals surface area contributed by atoms with Gasteiger partial charge in [-0.1, -0.05) is 50.8 Å². The fourth-order valence-electron chi connectivity index (χ4n) is 1.92. The van der Waals surface area contributed by atoms with E-state index in [4.69, 9.17) is 0 Å². The molecule has 0 saturated heterocycles. The highest BCUT2D eigenvalue weighted by atomic mass is 32.2. The molecule has 4 nitrogen and oxygen atoms in total. The fraction of sp³-hybridized carbons (Fsp3) is 0.714. The van der Waals surface area contributed by atoms with E-state index in [9.17, 15) is 9.90 Å². The molecule has 0 spiro atoms. The molecule has 0 aliphatic carbocycles. The number of nitrogens with zero attached hydrogens (tertiary/aromatic N) is 2. The lowest BCUT2D eigenvalue weighted by atomic mass is 10.1. The molecule has 0 unspecified atom stereocenters. The molecule has 1 N–H and O–H groups in total. The van der Waals surface area contributed by atoms with Crippen molar-refractivity contribution in [2.24, 2.45) is 0 Å². The number of unbranched alkanes of at least 4 members (excludes halogenated alkanes) is 5. The van der Waals surface area contributed by atoms with Crippen LogP contribution < -0.4 is 5.56 Å². The van der Waals surface area contributed by atoms with Gasteiger partial charge in [0.2, 0.25) is 5.88 Å². The largest absolute Gasteiger partial charge is 0.493 e. The van der Waals surface area contributed by atoms with Crippen LogP contribution in [0.5, 0.6) is 5.88 Å². The molecule has 0 saturated carbocycles. The van der Waals surface area contributed by atoms with Crippen LogP contribution in [-0.2, 0) is 6.54 Å². The van der Waals surface area contributed by atoms with Gasteiger partial charge in [0.05, 0.1) is 6.07 Å². The number of rotatable bonds is 9. The van der Waals surface area contributed by atoms with Gasteiger partial charge in [0.25, 0.3) is 5.56 Å². The highest BCUT2D eigenvalue weighted by Gasteiger charge is 2.07. The van der Waals surface area contributed by atoms with E-state index < -0.39 is 0 Å². The summed E-state index contributed by atoms with van der Waals surface area (Å²) in [6.07, 6.45) is 7.53. The van der Waals surface area contributed by atoms with E-state index in [1.165, 1.54) is 32.1 Å². The molecule has 1 heterocycles. The van der Waals surface area contributed by atoms with Gasteiger partial charge in [0.15, 0.2) is 5.16 Å². The maximum atomic E-state index is 11.6. The highest BCUT2D eigenvalue weighted by molar-refractivity contribution is 7.99. The zero-order valence-electron chi connectivity index (χ0n) is 11.9. The van der Waals surface area contributed by atoms with Gasteiger partial charge >= 0.3 is 0 Å². The maximum Gasteiger partial charge on any atom is 0.257 e. The van der Waals surface area contributed by atoms with Crippen molar-refractivity contribution in [3.05, 3.63) is 16.4 Å². The first-order valence-electron chi connectivity index (χ1n) is 7.12. The zero-order valence-corrected chi connectivity index (χ0v) is 12.7. The average molecular weight is 284 g/mol. The second kappa shape index (κ2) is 9.02. The summed E-state index contributed by atoms with van der Waals surface area (Å²) in [7, 11) is 0. The van der Waals surface area contributed by atoms with E-state index in [1.54, 1.807) is 16.3 Å².